The number of alkyl halides is 1. The van der Waals surface area contributed by atoms with Crippen molar-refractivity contribution in [3.63, 3.8) is 0 Å². The van der Waals surface area contributed by atoms with Gasteiger partial charge in [0.2, 0.25) is 5.91 Å². The van der Waals surface area contributed by atoms with Gasteiger partial charge in [-0.1, -0.05) is 39.1 Å². The highest BCUT2D eigenvalue weighted by molar-refractivity contribution is 9.09. The van der Waals surface area contributed by atoms with Gasteiger partial charge in [0.1, 0.15) is 0 Å². The van der Waals surface area contributed by atoms with Crippen LogP contribution in [0.1, 0.15) is 12.8 Å². The molecule has 82 valence electrons. The van der Waals surface area contributed by atoms with Crippen LogP contribution in [0.2, 0.25) is 10.0 Å². The fraction of sp³-hybridized carbons (Fsp3) is 0.300. The minimum atomic E-state index is -0.0429. The summed E-state index contributed by atoms with van der Waals surface area (Å²) in [7, 11) is 0. The summed E-state index contributed by atoms with van der Waals surface area (Å²) in [5, 5.41) is 4.54. The predicted octanol–water partition coefficient (Wildman–Crippen LogP) is 4.11. The van der Waals surface area contributed by atoms with Crippen molar-refractivity contribution in [3.8, 4) is 0 Å². The second-order valence-electron chi connectivity index (χ2n) is 2.96. The lowest BCUT2D eigenvalue weighted by atomic mass is 10.3. The molecular weight excluding hydrogens is 301 g/mol. The summed E-state index contributed by atoms with van der Waals surface area (Å²) in [4.78, 5) is 11.4. The number of carbonyl (C=O) groups excluding carboxylic acids is 1. The first-order valence-electron chi connectivity index (χ1n) is 4.44. The maximum absolute atomic E-state index is 11.4. The summed E-state index contributed by atoms with van der Waals surface area (Å²) in [5.41, 5.74) is 0.598. The van der Waals surface area contributed by atoms with Crippen molar-refractivity contribution in [1.29, 1.82) is 0 Å². The van der Waals surface area contributed by atoms with Gasteiger partial charge in [-0.15, -0.1) is 0 Å². The van der Waals surface area contributed by atoms with Gasteiger partial charge in [0.05, 0.1) is 10.7 Å². The molecule has 0 spiro atoms. The second-order valence-corrected chi connectivity index (χ2v) is 4.60. The third-order valence-corrected chi connectivity index (χ3v) is 2.85. The van der Waals surface area contributed by atoms with E-state index in [1.54, 1.807) is 18.2 Å². The van der Waals surface area contributed by atoms with Crippen molar-refractivity contribution >= 4 is 50.7 Å². The van der Waals surface area contributed by atoms with E-state index in [4.69, 9.17) is 23.2 Å². The van der Waals surface area contributed by atoms with Crippen molar-refractivity contribution in [2.45, 2.75) is 12.8 Å². The Morgan fingerprint density at radius 3 is 2.73 bits per heavy atom. The average molecular weight is 311 g/mol. The Kier molecular flexibility index (Phi) is 5.43. The topological polar surface area (TPSA) is 29.1 Å². The molecule has 5 heteroatoms. The van der Waals surface area contributed by atoms with E-state index >= 15 is 0 Å². The highest BCUT2D eigenvalue weighted by Crippen LogP contribution is 2.25. The molecule has 1 aromatic carbocycles. The Morgan fingerprint density at radius 2 is 2.13 bits per heavy atom. The Labute approximate surface area is 107 Å². The van der Waals surface area contributed by atoms with Crippen LogP contribution in [0.3, 0.4) is 0 Å². The number of benzene rings is 1. The largest absolute Gasteiger partial charge is 0.325 e. The third-order valence-electron chi connectivity index (χ3n) is 1.74. The average Bonchev–Trinajstić information content (AvgIpc) is 2.19. The summed E-state index contributed by atoms with van der Waals surface area (Å²) >= 11 is 14.9. The monoisotopic (exact) mass is 309 g/mol. The Bertz CT molecular complexity index is 357. The minimum absolute atomic E-state index is 0.0429. The van der Waals surface area contributed by atoms with E-state index in [1.807, 2.05) is 0 Å². The standard InChI is InChI=1S/C10H10BrCl2NO/c11-5-1-2-10(15)14-9-4-3-7(12)6-8(9)13/h3-4,6H,1-2,5H2,(H,14,15). The van der Waals surface area contributed by atoms with Crippen LogP contribution in [0.4, 0.5) is 5.69 Å². The van der Waals surface area contributed by atoms with Gasteiger partial charge >= 0.3 is 0 Å². The number of carbonyl (C=O) groups is 1. The molecular formula is C10H10BrCl2NO. The van der Waals surface area contributed by atoms with Crippen LogP contribution < -0.4 is 5.32 Å². The zero-order valence-electron chi connectivity index (χ0n) is 7.90. The summed E-state index contributed by atoms with van der Waals surface area (Å²) in [6.07, 6.45) is 1.28. The first-order chi connectivity index (χ1) is 7.13. The van der Waals surface area contributed by atoms with Crippen molar-refractivity contribution in [3.05, 3.63) is 28.2 Å². The number of amides is 1. The van der Waals surface area contributed by atoms with Crippen molar-refractivity contribution in [2.24, 2.45) is 0 Å². The molecule has 0 fully saturated rings. The van der Waals surface area contributed by atoms with Crippen molar-refractivity contribution in [2.75, 3.05) is 10.6 Å². The van der Waals surface area contributed by atoms with Gasteiger partial charge in [0.25, 0.3) is 0 Å². The highest BCUT2D eigenvalue weighted by Gasteiger charge is 2.05. The summed E-state index contributed by atoms with van der Waals surface area (Å²) in [5.74, 6) is -0.0429. The smallest absolute Gasteiger partial charge is 0.224 e. The maximum Gasteiger partial charge on any atom is 0.224 e. The fourth-order valence-corrected chi connectivity index (χ4v) is 1.77. The molecule has 0 saturated carbocycles. The molecule has 1 amide bonds. The number of nitrogens with one attached hydrogen (secondary N) is 1. The Balaban J connectivity index is 2.60. The number of hydrogen-bond acceptors (Lipinski definition) is 1. The third kappa shape index (κ3) is 4.41. The van der Waals surface area contributed by atoms with Crippen LogP contribution in [0.25, 0.3) is 0 Å². The van der Waals surface area contributed by atoms with E-state index in [0.717, 1.165) is 11.8 Å². The quantitative estimate of drug-likeness (QED) is 0.833. The number of anilines is 1. The van der Waals surface area contributed by atoms with E-state index in [9.17, 15) is 4.79 Å². The van der Waals surface area contributed by atoms with Gasteiger partial charge in [-0.2, -0.15) is 0 Å². The molecule has 0 saturated heterocycles. The Morgan fingerprint density at radius 1 is 1.40 bits per heavy atom. The van der Waals surface area contributed by atoms with Crippen molar-refractivity contribution < 1.29 is 4.79 Å². The lowest BCUT2D eigenvalue weighted by Gasteiger charge is -2.06. The Hall–Kier alpha value is -0.250. The first kappa shape index (κ1) is 12.8. The van der Waals surface area contributed by atoms with E-state index < -0.39 is 0 Å². The molecule has 0 aliphatic rings. The number of rotatable bonds is 4. The molecule has 0 aromatic heterocycles. The number of halogens is 3. The minimum Gasteiger partial charge on any atom is -0.325 e. The van der Waals surface area contributed by atoms with E-state index in [0.29, 0.717) is 22.2 Å². The van der Waals surface area contributed by atoms with Gasteiger partial charge < -0.3 is 5.32 Å². The summed E-state index contributed by atoms with van der Waals surface area (Å²) < 4.78 is 0. The van der Waals surface area contributed by atoms with Gasteiger partial charge in [-0.05, 0) is 24.6 Å². The van der Waals surface area contributed by atoms with Gasteiger partial charge in [-0.25, -0.2) is 0 Å². The molecule has 0 heterocycles. The summed E-state index contributed by atoms with van der Waals surface area (Å²) in [6, 6.07) is 4.98. The molecule has 0 bridgehead atoms. The maximum atomic E-state index is 11.4. The zero-order valence-corrected chi connectivity index (χ0v) is 11.0. The SMILES string of the molecule is O=C(CCCBr)Nc1ccc(Cl)cc1Cl. The van der Waals surface area contributed by atoms with Crippen LogP contribution in [-0.4, -0.2) is 11.2 Å². The molecule has 0 aliphatic heterocycles. The molecule has 1 aromatic rings. The molecule has 2 nitrogen and oxygen atoms in total. The summed E-state index contributed by atoms with van der Waals surface area (Å²) in [6.45, 7) is 0. The van der Waals surface area contributed by atoms with Crippen LogP contribution in [0.5, 0.6) is 0 Å². The second kappa shape index (κ2) is 6.36. The zero-order chi connectivity index (χ0) is 11.3. The lowest BCUT2D eigenvalue weighted by Crippen LogP contribution is -2.11. The van der Waals surface area contributed by atoms with Crippen molar-refractivity contribution in [1.82, 2.24) is 0 Å². The van der Waals surface area contributed by atoms with Gasteiger partial charge in [-0.3, -0.25) is 4.79 Å². The van der Waals surface area contributed by atoms with E-state index in [1.165, 1.54) is 0 Å². The highest BCUT2D eigenvalue weighted by atomic mass is 79.9. The molecule has 0 atom stereocenters. The number of hydrogen-bond donors (Lipinski definition) is 1. The first-order valence-corrected chi connectivity index (χ1v) is 6.32. The lowest BCUT2D eigenvalue weighted by molar-refractivity contribution is -0.116. The molecule has 0 aliphatic carbocycles. The fourth-order valence-electron chi connectivity index (χ4n) is 1.03. The normalized spacial score (nSPS) is 10.1. The molecule has 1 rings (SSSR count). The van der Waals surface area contributed by atoms with Gasteiger partial charge in [0, 0.05) is 16.8 Å². The van der Waals surface area contributed by atoms with Crippen LogP contribution in [0, 0.1) is 0 Å². The predicted molar refractivity (Wildman–Crippen MR) is 68.1 cm³/mol. The van der Waals surface area contributed by atoms with Crippen LogP contribution in [-0.2, 0) is 4.79 Å². The van der Waals surface area contributed by atoms with Crippen LogP contribution in [0.15, 0.2) is 18.2 Å². The molecule has 0 unspecified atom stereocenters. The van der Waals surface area contributed by atoms with E-state index in [-0.39, 0.29) is 5.91 Å². The molecule has 15 heavy (non-hydrogen) atoms. The van der Waals surface area contributed by atoms with Gasteiger partial charge in [0.15, 0.2) is 0 Å². The van der Waals surface area contributed by atoms with Crippen LogP contribution >= 0.6 is 39.1 Å². The van der Waals surface area contributed by atoms with E-state index in [2.05, 4.69) is 21.2 Å². The molecule has 1 N–H and O–H groups in total. The molecule has 0 radical (unpaired) electrons.